The second-order valence-corrected chi connectivity index (χ2v) is 3.99. The fourth-order valence-electron chi connectivity index (χ4n) is 1.28. The Bertz CT molecular complexity index is 319. The van der Waals surface area contributed by atoms with Gasteiger partial charge in [-0.1, -0.05) is 6.92 Å². The molecule has 104 valence electrons. The predicted molar refractivity (Wildman–Crippen MR) is 66.2 cm³/mol. The topological polar surface area (TPSA) is 98.7 Å². The second kappa shape index (κ2) is 7.52. The molecule has 0 spiro atoms. The van der Waals surface area contributed by atoms with Crippen molar-refractivity contribution >= 4 is 17.9 Å². The lowest BCUT2D eigenvalue weighted by molar-refractivity contribution is -0.139. The van der Waals surface area contributed by atoms with E-state index in [-0.39, 0.29) is 12.3 Å². The molecule has 0 heterocycles. The molecule has 0 fully saturated rings. The van der Waals surface area contributed by atoms with Gasteiger partial charge in [-0.05, 0) is 20.3 Å². The largest absolute Gasteiger partial charge is 0.480 e. The quantitative estimate of drug-likeness (QED) is 0.626. The summed E-state index contributed by atoms with van der Waals surface area (Å²) in [6.45, 7) is 5.57. The first-order valence-corrected chi connectivity index (χ1v) is 5.88. The van der Waals surface area contributed by atoms with Gasteiger partial charge in [0.15, 0.2) is 0 Å². The highest BCUT2D eigenvalue weighted by atomic mass is 16.4. The number of carboxylic acid groups (broad SMARTS) is 1. The highest BCUT2D eigenvalue weighted by Crippen LogP contribution is 1.94. The van der Waals surface area contributed by atoms with Gasteiger partial charge in [-0.3, -0.25) is 4.79 Å². The average Bonchev–Trinajstić information content (AvgIpc) is 2.33. The molecule has 0 saturated heterocycles. The van der Waals surface area contributed by atoms with Crippen LogP contribution in [0.15, 0.2) is 0 Å². The lowest BCUT2D eigenvalue weighted by atomic mass is 10.2. The van der Waals surface area contributed by atoms with E-state index in [0.29, 0.717) is 6.54 Å². The maximum Gasteiger partial charge on any atom is 0.326 e. The molecule has 0 aliphatic carbocycles. The fourth-order valence-corrected chi connectivity index (χ4v) is 1.28. The van der Waals surface area contributed by atoms with E-state index in [0.717, 1.165) is 0 Å². The fraction of sp³-hybridized carbons (Fsp3) is 0.727. The van der Waals surface area contributed by atoms with Crippen LogP contribution in [-0.4, -0.2) is 53.6 Å². The van der Waals surface area contributed by atoms with Crippen LogP contribution < -0.4 is 10.6 Å². The molecule has 7 nitrogen and oxygen atoms in total. The number of carboxylic acids is 1. The molecule has 2 unspecified atom stereocenters. The standard InChI is InChI=1S/C11H21N3O4/c1-5-8(10(16)17)13-11(18)12-7(3)9(15)14(4)6-2/h7-8H,5-6H2,1-4H3,(H,16,17)(H2,12,13,18). The summed E-state index contributed by atoms with van der Waals surface area (Å²) >= 11 is 0. The third-order valence-electron chi connectivity index (χ3n) is 2.58. The predicted octanol–water partition coefficient (Wildman–Crippen LogP) is 0.0156. The molecule has 0 radical (unpaired) electrons. The minimum atomic E-state index is -1.10. The van der Waals surface area contributed by atoms with Crippen LogP contribution >= 0.6 is 0 Å². The molecule has 0 aliphatic rings. The van der Waals surface area contributed by atoms with E-state index in [9.17, 15) is 14.4 Å². The zero-order valence-corrected chi connectivity index (χ0v) is 11.2. The van der Waals surface area contributed by atoms with Crippen LogP contribution in [0.2, 0.25) is 0 Å². The van der Waals surface area contributed by atoms with Crippen LogP contribution in [0.5, 0.6) is 0 Å². The molecule has 0 bridgehead atoms. The highest BCUT2D eigenvalue weighted by molar-refractivity contribution is 5.88. The van der Waals surface area contributed by atoms with Crippen LogP contribution in [0.25, 0.3) is 0 Å². The van der Waals surface area contributed by atoms with Gasteiger partial charge in [-0.2, -0.15) is 0 Å². The molecule has 2 atom stereocenters. The van der Waals surface area contributed by atoms with E-state index in [2.05, 4.69) is 10.6 Å². The Morgan fingerprint density at radius 3 is 2.17 bits per heavy atom. The summed E-state index contributed by atoms with van der Waals surface area (Å²) in [6, 6.07) is -2.30. The van der Waals surface area contributed by atoms with E-state index >= 15 is 0 Å². The monoisotopic (exact) mass is 259 g/mol. The summed E-state index contributed by atoms with van der Waals surface area (Å²) in [4.78, 5) is 35.3. The molecule has 7 heteroatoms. The van der Waals surface area contributed by atoms with Crippen molar-refractivity contribution in [3.8, 4) is 0 Å². The number of nitrogens with zero attached hydrogens (tertiary/aromatic N) is 1. The number of likely N-dealkylation sites (N-methyl/N-ethyl adjacent to an activating group) is 1. The van der Waals surface area contributed by atoms with Gasteiger partial charge in [-0.15, -0.1) is 0 Å². The molecule has 0 aromatic rings. The van der Waals surface area contributed by atoms with Crippen LogP contribution in [0, 0.1) is 0 Å². The lowest BCUT2D eigenvalue weighted by Gasteiger charge is -2.21. The maximum absolute atomic E-state index is 11.7. The van der Waals surface area contributed by atoms with E-state index in [1.54, 1.807) is 20.9 Å². The Morgan fingerprint density at radius 1 is 1.22 bits per heavy atom. The van der Waals surface area contributed by atoms with Gasteiger partial charge in [-0.25, -0.2) is 9.59 Å². The number of hydrogen-bond donors (Lipinski definition) is 3. The van der Waals surface area contributed by atoms with Crippen LogP contribution in [0.1, 0.15) is 27.2 Å². The Balaban J connectivity index is 4.31. The van der Waals surface area contributed by atoms with E-state index < -0.39 is 24.1 Å². The zero-order valence-electron chi connectivity index (χ0n) is 11.2. The van der Waals surface area contributed by atoms with E-state index in [1.165, 1.54) is 4.90 Å². The molecular weight excluding hydrogens is 238 g/mol. The average molecular weight is 259 g/mol. The number of nitrogens with one attached hydrogen (secondary N) is 2. The summed E-state index contributed by atoms with van der Waals surface area (Å²) in [5, 5.41) is 13.5. The normalized spacial score (nSPS) is 13.3. The van der Waals surface area contributed by atoms with Gasteiger partial charge in [0.25, 0.3) is 0 Å². The van der Waals surface area contributed by atoms with Crippen molar-refractivity contribution in [2.24, 2.45) is 0 Å². The van der Waals surface area contributed by atoms with Gasteiger partial charge >= 0.3 is 12.0 Å². The van der Waals surface area contributed by atoms with Crippen molar-refractivity contribution in [2.45, 2.75) is 39.3 Å². The Hall–Kier alpha value is -1.79. The van der Waals surface area contributed by atoms with Crippen molar-refractivity contribution in [1.82, 2.24) is 15.5 Å². The molecular formula is C11H21N3O4. The Labute approximate surface area is 107 Å². The Kier molecular flexibility index (Phi) is 6.77. The van der Waals surface area contributed by atoms with Gasteiger partial charge < -0.3 is 20.6 Å². The van der Waals surface area contributed by atoms with Gasteiger partial charge in [0.1, 0.15) is 12.1 Å². The van der Waals surface area contributed by atoms with Crippen LogP contribution in [0.4, 0.5) is 4.79 Å². The first-order chi connectivity index (χ1) is 8.33. The number of aliphatic carboxylic acids is 1. The third kappa shape index (κ3) is 5.03. The second-order valence-electron chi connectivity index (χ2n) is 3.99. The summed E-state index contributed by atoms with van der Waals surface area (Å²) in [7, 11) is 1.63. The summed E-state index contributed by atoms with van der Waals surface area (Å²) in [5.41, 5.74) is 0. The molecule has 0 rings (SSSR count). The van der Waals surface area contributed by atoms with Gasteiger partial charge in [0.2, 0.25) is 5.91 Å². The molecule has 0 saturated carbocycles. The molecule has 0 aromatic carbocycles. The lowest BCUT2D eigenvalue weighted by Crippen LogP contribution is -2.52. The minimum Gasteiger partial charge on any atom is -0.480 e. The SMILES string of the molecule is CCC(NC(=O)NC(C)C(=O)N(C)CC)C(=O)O. The van der Waals surface area contributed by atoms with Crippen molar-refractivity contribution in [3.63, 3.8) is 0 Å². The third-order valence-corrected chi connectivity index (χ3v) is 2.58. The number of rotatable bonds is 6. The van der Waals surface area contributed by atoms with Crippen molar-refractivity contribution < 1.29 is 19.5 Å². The van der Waals surface area contributed by atoms with Gasteiger partial charge in [0.05, 0.1) is 0 Å². The van der Waals surface area contributed by atoms with Crippen LogP contribution in [-0.2, 0) is 9.59 Å². The van der Waals surface area contributed by atoms with Crippen LogP contribution in [0.3, 0.4) is 0 Å². The Morgan fingerprint density at radius 2 is 1.78 bits per heavy atom. The summed E-state index contributed by atoms with van der Waals surface area (Å²) < 4.78 is 0. The van der Waals surface area contributed by atoms with Crippen molar-refractivity contribution in [2.75, 3.05) is 13.6 Å². The number of hydrogen-bond acceptors (Lipinski definition) is 3. The number of carbonyl (C=O) groups excluding carboxylic acids is 2. The molecule has 3 amide bonds. The zero-order chi connectivity index (χ0) is 14.3. The smallest absolute Gasteiger partial charge is 0.326 e. The first kappa shape index (κ1) is 16.2. The van der Waals surface area contributed by atoms with Crippen molar-refractivity contribution in [1.29, 1.82) is 0 Å². The van der Waals surface area contributed by atoms with Gasteiger partial charge in [0, 0.05) is 13.6 Å². The highest BCUT2D eigenvalue weighted by Gasteiger charge is 2.21. The number of amides is 3. The number of urea groups is 1. The summed E-state index contributed by atoms with van der Waals surface area (Å²) in [5.74, 6) is -1.33. The van der Waals surface area contributed by atoms with Crippen molar-refractivity contribution in [3.05, 3.63) is 0 Å². The molecule has 18 heavy (non-hydrogen) atoms. The maximum atomic E-state index is 11.7. The minimum absolute atomic E-state index is 0.226. The first-order valence-electron chi connectivity index (χ1n) is 5.88. The molecule has 0 aliphatic heterocycles. The summed E-state index contributed by atoms with van der Waals surface area (Å²) in [6.07, 6.45) is 0.278. The number of carbonyl (C=O) groups is 3. The molecule has 3 N–H and O–H groups in total. The van der Waals surface area contributed by atoms with E-state index in [1.807, 2.05) is 6.92 Å². The molecule has 0 aromatic heterocycles. The van der Waals surface area contributed by atoms with E-state index in [4.69, 9.17) is 5.11 Å².